The number of pyridine rings is 1. The van der Waals surface area contributed by atoms with Crippen molar-refractivity contribution in [3.63, 3.8) is 0 Å². The van der Waals surface area contributed by atoms with Crippen molar-refractivity contribution in [1.29, 1.82) is 0 Å². The van der Waals surface area contributed by atoms with Crippen molar-refractivity contribution in [3.05, 3.63) is 22.8 Å². The predicted molar refractivity (Wildman–Crippen MR) is 101 cm³/mol. The number of morpholine rings is 1. The molecule has 0 unspecified atom stereocenters. The van der Waals surface area contributed by atoms with Gasteiger partial charge in [-0.2, -0.15) is 13.2 Å². The molecule has 0 spiro atoms. The molecule has 1 saturated heterocycles. The second-order valence-electron chi connectivity index (χ2n) is 7.48. The lowest BCUT2D eigenvalue weighted by Gasteiger charge is -2.48. The highest BCUT2D eigenvalue weighted by molar-refractivity contribution is 6.32. The van der Waals surface area contributed by atoms with E-state index in [-0.39, 0.29) is 27.9 Å². The summed E-state index contributed by atoms with van der Waals surface area (Å²) in [6.07, 6.45) is 2.13. The van der Waals surface area contributed by atoms with Gasteiger partial charge in [0.15, 0.2) is 6.61 Å². The number of halogens is 4. The van der Waals surface area contributed by atoms with Crippen molar-refractivity contribution >= 4 is 17.5 Å². The SMILES string of the molecule is O=C(NCC1(N2CCOCC2)CCCCC1)c1cnc(OCC(F)(F)F)c(Cl)c1. The van der Waals surface area contributed by atoms with Crippen LogP contribution in [0.25, 0.3) is 0 Å². The topological polar surface area (TPSA) is 63.7 Å². The van der Waals surface area contributed by atoms with Gasteiger partial charge in [0.25, 0.3) is 5.91 Å². The number of rotatable bonds is 6. The van der Waals surface area contributed by atoms with Gasteiger partial charge in [0, 0.05) is 31.4 Å². The summed E-state index contributed by atoms with van der Waals surface area (Å²) in [4.78, 5) is 18.8. The molecular formula is C19H25ClF3N3O3. The van der Waals surface area contributed by atoms with E-state index in [0.717, 1.165) is 38.8 Å². The molecule has 3 rings (SSSR count). The molecule has 6 nitrogen and oxygen atoms in total. The molecule has 0 bridgehead atoms. The number of nitrogens with one attached hydrogen (secondary N) is 1. The number of carbonyl (C=O) groups is 1. The number of ether oxygens (including phenoxy) is 2. The lowest BCUT2D eigenvalue weighted by Crippen LogP contribution is -2.59. The van der Waals surface area contributed by atoms with Crippen molar-refractivity contribution in [2.45, 2.75) is 43.8 Å². The standard InChI is InChI=1S/C19H25ClF3N3O3/c20-15-10-14(11-24-17(15)29-13-19(21,22)23)16(27)25-12-18(4-2-1-3-5-18)26-6-8-28-9-7-26/h10-11H,1-9,12-13H2,(H,25,27). The summed E-state index contributed by atoms with van der Waals surface area (Å²) in [5.74, 6) is -0.711. The highest BCUT2D eigenvalue weighted by atomic mass is 35.5. The summed E-state index contributed by atoms with van der Waals surface area (Å²) in [6.45, 7) is 2.06. The third-order valence-electron chi connectivity index (χ3n) is 5.49. The van der Waals surface area contributed by atoms with E-state index in [4.69, 9.17) is 16.3 Å². The van der Waals surface area contributed by atoms with Crippen LogP contribution in [0.4, 0.5) is 13.2 Å². The first kappa shape index (κ1) is 22.1. The summed E-state index contributed by atoms with van der Waals surface area (Å²) in [6, 6.07) is 1.28. The molecule has 1 aliphatic heterocycles. The van der Waals surface area contributed by atoms with E-state index in [0.29, 0.717) is 19.8 Å². The van der Waals surface area contributed by atoms with Gasteiger partial charge in [-0.05, 0) is 18.9 Å². The maximum absolute atomic E-state index is 12.6. The molecule has 2 fully saturated rings. The van der Waals surface area contributed by atoms with Gasteiger partial charge >= 0.3 is 6.18 Å². The van der Waals surface area contributed by atoms with Crippen LogP contribution in [-0.2, 0) is 4.74 Å². The number of hydrogen-bond acceptors (Lipinski definition) is 5. The summed E-state index contributed by atoms with van der Waals surface area (Å²) in [5.41, 5.74) is 0.0901. The van der Waals surface area contributed by atoms with E-state index < -0.39 is 12.8 Å². The van der Waals surface area contributed by atoms with Crippen LogP contribution in [0.1, 0.15) is 42.5 Å². The van der Waals surface area contributed by atoms with Crippen molar-refractivity contribution in [3.8, 4) is 5.88 Å². The average molecular weight is 436 g/mol. The minimum Gasteiger partial charge on any atom is -0.467 e. The van der Waals surface area contributed by atoms with Crippen LogP contribution >= 0.6 is 11.6 Å². The molecule has 0 radical (unpaired) electrons. The van der Waals surface area contributed by atoms with Crippen LogP contribution in [0.2, 0.25) is 5.02 Å². The van der Waals surface area contributed by atoms with Gasteiger partial charge in [-0.15, -0.1) is 0 Å². The average Bonchev–Trinajstić information content (AvgIpc) is 2.72. The Hall–Kier alpha value is -1.58. The molecule has 29 heavy (non-hydrogen) atoms. The zero-order valence-electron chi connectivity index (χ0n) is 16.1. The smallest absolute Gasteiger partial charge is 0.422 e. The molecule has 2 heterocycles. The lowest BCUT2D eigenvalue weighted by molar-refractivity contribution is -0.154. The van der Waals surface area contributed by atoms with Gasteiger partial charge in [0.05, 0.1) is 18.8 Å². The zero-order valence-corrected chi connectivity index (χ0v) is 16.8. The fourth-order valence-corrected chi connectivity index (χ4v) is 4.23. The Balaban J connectivity index is 1.63. The quantitative estimate of drug-likeness (QED) is 0.741. The molecule has 1 amide bonds. The molecule has 1 aromatic rings. The monoisotopic (exact) mass is 435 g/mol. The Morgan fingerprint density at radius 2 is 1.97 bits per heavy atom. The largest absolute Gasteiger partial charge is 0.467 e. The Bertz CT molecular complexity index is 706. The van der Waals surface area contributed by atoms with Gasteiger partial charge in [0.2, 0.25) is 5.88 Å². The number of amides is 1. The maximum Gasteiger partial charge on any atom is 0.422 e. The molecule has 1 aliphatic carbocycles. The van der Waals surface area contributed by atoms with Crippen molar-refractivity contribution < 1.29 is 27.4 Å². The number of alkyl halides is 3. The fourth-order valence-electron chi connectivity index (χ4n) is 4.01. The van der Waals surface area contributed by atoms with Crippen molar-refractivity contribution in [1.82, 2.24) is 15.2 Å². The van der Waals surface area contributed by atoms with E-state index in [9.17, 15) is 18.0 Å². The van der Waals surface area contributed by atoms with E-state index in [1.807, 2.05) is 0 Å². The maximum atomic E-state index is 12.6. The zero-order chi connectivity index (χ0) is 20.9. The number of carbonyl (C=O) groups excluding carboxylic acids is 1. The van der Waals surface area contributed by atoms with E-state index >= 15 is 0 Å². The Morgan fingerprint density at radius 1 is 1.28 bits per heavy atom. The minimum absolute atomic E-state index is 0.0926. The fraction of sp³-hybridized carbons (Fsp3) is 0.684. The van der Waals surface area contributed by atoms with Crippen LogP contribution in [0.15, 0.2) is 12.3 Å². The summed E-state index contributed by atoms with van der Waals surface area (Å²) >= 11 is 5.94. The summed E-state index contributed by atoms with van der Waals surface area (Å²) in [7, 11) is 0. The molecule has 10 heteroatoms. The Kier molecular flexibility index (Phi) is 7.23. The van der Waals surface area contributed by atoms with E-state index in [2.05, 4.69) is 19.9 Å². The second kappa shape index (κ2) is 9.49. The van der Waals surface area contributed by atoms with Gasteiger partial charge in [-0.1, -0.05) is 30.9 Å². The normalized spacial score (nSPS) is 20.3. The Labute approximate surface area is 172 Å². The highest BCUT2D eigenvalue weighted by Crippen LogP contribution is 2.34. The molecule has 1 aromatic heterocycles. The van der Waals surface area contributed by atoms with E-state index in [1.54, 1.807) is 0 Å². The first-order valence-corrected chi connectivity index (χ1v) is 10.1. The number of nitrogens with zero attached hydrogens (tertiary/aromatic N) is 2. The Morgan fingerprint density at radius 3 is 2.59 bits per heavy atom. The van der Waals surface area contributed by atoms with Crippen molar-refractivity contribution in [2.24, 2.45) is 0 Å². The minimum atomic E-state index is -4.49. The highest BCUT2D eigenvalue weighted by Gasteiger charge is 2.39. The van der Waals surface area contributed by atoms with Crippen molar-refractivity contribution in [2.75, 3.05) is 39.5 Å². The molecular weight excluding hydrogens is 411 g/mol. The molecule has 1 saturated carbocycles. The third-order valence-corrected chi connectivity index (χ3v) is 5.76. The summed E-state index contributed by atoms with van der Waals surface area (Å²) in [5, 5.41) is 2.83. The lowest BCUT2D eigenvalue weighted by atomic mass is 9.79. The van der Waals surface area contributed by atoms with Crippen LogP contribution in [0.3, 0.4) is 0 Å². The first-order chi connectivity index (χ1) is 13.8. The van der Waals surface area contributed by atoms with E-state index in [1.165, 1.54) is 18.7 Å². The molecule has 162 valence electrons. The predicted octanol–water partition coefficient (Wildman–Crippen LogP) is 3.44. The van der Waals surface area contributed by atoms with Crippen LogP contribution in [0, 0.1) is 0 Å². The summed E-state index contributed by atoms with van der Waals surface area (Å²) < 4.78 is 46.9. The third kappa shape index (κ3) is 5.96. The molecule has 0 aromatic carbocycles. The van der Waals surface area contributed by atoms with Crippen LogP contribution < -0.4 is 10.1 Å². The van der Waals surface area contributed by atoms with Crippen LogP contribution in [0.5, 0.6) is 5.88 Å². The van der Waals surface area contributed by atoms with Gasteiger partial charge in [0.1, 0.15) is 5.02 Å². The number of hydrogen-bond donors (Lipinski definition) is 1. The van der Waals surface area contributed by atoms with Gasteiger partial charge < -0.3 is 14.8 Å². The van der Waals surface area contributed by atoms with Gasteiger partial charge in [-0.25, -0.2) is 4.98 Å². The molecule has 1 N–H and O–H groups in total. The first-order valence-electron chi connectivity index (χ1n) is 9.75. The molecule has 0 atom stereocenters. The molecule has 2 aliphatic rings. The number of aromatic nitrogens is 1. The second-order valence-corrected chi connectivity index (χ2v) is 7.89. The van der Waals surface area contributed by atoms with Gasteiger partial charge in [-0.3, -0.25) is 9.69 Å². The van der Waals surface area contributed by atoms with Crippen LogP contribution in [-0.4, -0.2) is 67.0 Å².